The van der Waals surface area contributed by atoms with Gasteiger partial charge >= 0.3 is 0 Å². The summed E-state index contributed by atoms with van der Waals surface area (Å²) in [6.07, 6.45) is 1.67. The van der Waals surface area contributed by atoms with Gasteiger partial charge in [0.15, 0.2) is 11.5 Å². The number of nitrogens with one attached hydrogen (secondary N) is 1. The predicted octanol–water partition coefficient (Wildman–Crippen LogP) is 4.05. The topological polar surface area (TPSA) is 74.4 Å². The van der Waals surface area contributed by atoms with Crippen LogP contribution in [0.2, 0.25) is 5.02 Å². The molecule has 2 aliphatic heterocycles. The van der Waals surface area contributed by atoms with Crippen LogP contribution >= 0.6 is 11.6 Å². The van der Waals surface area contributed by atoms with Gasteiger partial charge in [0.2, 0.25) is 5.91 Å². The maximum atomic E-state index is 13.3. The van der Waals surface area contributed by atoms with E-state index >= 15 is 0 Å². The second-order valence-electron chi connectivity index (χ2n) is 9.40. The van der Waals surface area contributed by atoms with Crippen molar-refractivity contribution in [2.45, 2.75) is 0 Å². The molecule has 0 bridgehead atoms. The summed E-state index contributed by atoms with van der Waals surface area (Å²) in [5, 5.41) is 3.71. The quantitative estimate of drug-likeness (QED) is 0.430. The lowest BCUT2D eigenvalue weighted by Gasteiger charge is -2.36. The summed E-state index contributed by atoms with van der Waals surface area (Å²) in [6.45, 7) is 4.75. The van der Waals surface area contributed by atoms with Gasteiger partial charge < -0.3 is 19.7 Å². The summed E-state index contributed by atoms with van der Waals surface area (Å²) in [6, 6.07) is 22.5. The van der Waals surface area contributed by atoms with E-state index in [1.54, 1.807) is 25.3 Å². The lowest BCUT2D eigenvalue weighted by atomic mass is 10.1. The van der Waals surface area contributed by atoms with E-state index in [9.17, 15) is 9.59 Å². The van der Waals surface area contributed by atoms with Crippen LogP contribution in [0.25, 0.3) is 6.08 Å². The third-order valence-electron chi connectivity index (χ3n) is 6.84. The fourth-order valence-electron chi connectivity index (χ4n) is 4.73. The van der Waals surface area contributed by atoms with Crippen molar-refractivity contribution < 1.29 is 19.1 Å². The molecule has 5 rings (SSSR count). The zero-order valence-electron chi connectivity index (χ0n) is 21.8. The number of hydrogen-bond acceptors (Lipinski definition) is 6. The van der Waals surface area contributed by atoms with Crippen molar-refractivity contribution in [1.29, 1.82) is 0 Å². The van der Waals surface area contributed by atoms with Crippen LogP contribution in [0, 0.1) is 0 Å². The molecule has 2 heterocycles. The number of halogens is 1. The first kappa shape index (κ1) is 26.6. The summed E-state index contributed by atoms with van der Waals surface area (Å²) >= 11 is 6.14. The van der Waals surface area contributed by atoms with E-state index < -0.39 is 0 Å². The minimum absolute atomic E-state index is 0.0955. The molecule has 3 aromatic rings. The molecular weight excluding hydrogens is 516 g/mol. The van der Waals surface area contributed by atoms with Crippen LogP contribution in [-0.2, 0) is 9.59 Å². The molecule has 2 amide bonds. The number of anilines is 2. The van der Waals surface area contributed by atoms with Crippen molar-refractivity contribution in [1.82, 2.24) is 10.2 Å². The molecule has 0 aromatic heterocycles. The number of hydrogen-bond donors (Lipinski definition) is 1. The molecule has 202 valence electrons. The van der Waals surface area contributed by atoms with E-state index in [0.717, 1.165) is 54.7 Å². The fraction of sp³-hybridized carbons (Fsp3) is 0.267. The molecule has 2 aliphatic rings. The SMILES string of the molecule is COc1ccc(C=C2Oc3ccccc3N(CC(=O)NCCN3CCN(c4cccc(Cl)c4)CC3)C2=O)cc1. The van der Waals surface area contributed by atoms with E-state index in [1.807, 2.05) is 54.6 Å². The largest absolute Gasteiger partial charge is 0.497 e. The van der Waals surface area contributed by atoms with Gasteiger partial charge in [-0.1, -0.05) is 41.9 Å². The second kappa shape index (κ2) is 12.2. The Morgan fingerprint density at radius 2 is 1.79 bits per heavy atom. The van der Waals surface area contributed by atoms with Crippen LogP contribution in [0.15, 0.2) is 78.6 Å². The van der Waals surface area contributed by atoms with Crippen molar-refractivity contribution in [2.75, 3.05) is 62.7 Å². The predicted molar refractivity (Wildman–Crippen MR) is 154 cm³/mol. The zero-order chi connectivity index (χ0) is 27.2. The van der Waals surface area contributed by atoms with Crippen LogP contribution in [0.5, 0.6) is 11.5 Å². The highest BCUT2D eigenvalue weighted by Gasteiger charge is 2.31. The van der Waals surface area contributed by atoms with Crippen LogP contribution in [0.4, 0.5) is 11.4 Å². The van der Waals surface area contributed by atoms with Gasteiger partial charge in [0.05, 0.1) is 12.8 Å². The third kappa shape index (κ3) is 6.53. The molecule has 0 spiro atoms. The smallest absolute Gasteiger partial charge is 0.294 e. The maximum Gasteiger partial charge on any atom is 0.294 e. The highest BCUT2D eigenvalue weighted by atomic mass is 35.5. The van der Waals surface area contributed by atoms with Crippen LogP contribution in [0.3, 0.4) is 0 Å². The lowest BCUT2D eigenvalue weighted by Crippen LogP contribution is -2.49. The molecule has 0 saturated carbocycles. The summed E-state index contributed by atoms with van der Waals surface area (Å²) < 4.78 is 11.1. The number of ether oxygens (including phenoxy) is 2. The molecule has 8 nitrogen and oxygen atoms in total. The Bertz CT molecular complexity index is 1350. The Hall–Kier alpha value is -4.01. The number of carbonyl (C=O) groups is 2. The normalized spacial score (nSPS) is 16.6. The number of methoxy groups -OCH3 is 1. The highest BCUT2D eigenvalue weighted by molar-refractivity contribution is 6.30. The molecule has 0 atom stereocenters. The summed E-state index contributed by atoms with van der Waals surface area (Å²) in [4.78, 5) is 32.4. The van der Waals surface area contributed by atoms with Crippen molar-refractivity contribution in [3.63, 3.8) is 0 Å². The van der Waals surface area contributed by atoms with E-state index in [1.165, 1.54) is 4.90 Å². The van der Waals surface area contributed by atoms with Gasteiger partial charge in [0.25, 0.3) is 5.91 Å². The Kier molecular flexibility index (Phi) is 8.34. The van der Waals surface area contributed by atoms with Gasteiger partial charge in [-0.3, -0.25) is 19.4 Å². The van der Waals surface area contributed by atoms with E-state index in [0.29, 0.717) is 18.0 Å². The van der Waals surface area contributed by atoms with E-state index in [-0.39, 0.29) is 24.1 Å². The first-order valence-corrected chi connectivity index (χ1v) is 13.3. The van der Waals surface area contributed by atoms with Crippen molar-refractivity contribution in [2.24, 2.45) is 0 Å². The number of benzene rings is 3. The first-order chi connectivity index (χ1) is 19.0. The molecular formula is C30H31ClN4O4. The van der Waals surface area contributed by atoms with Crippen molar-refractivity contribution >= 4 is 40.9 Å². The summed E-state index contributed by atoms with van der Waals surface area (Å²) in [7, 11) is 1.60. The van der Waals surface area contributed by atoms with Crippen molar-refractivity contribution in [3.05, 3.63) is 89.1 Å². The monoisotopic (exact) mass is 546 g/mol. The fourth-order valence-corrected chi connectivity index (χ4v) is 4.91. The highest BCUT2D eigenvalue weighted by Crippen LogP contribution is 2.35. The molecule has 1 saturated heterocycles. The molecule has 0 aliphatic carbocycles. The van der Waals surface area contributed by atoms with Gasteiger partial charge in [-0.25, -0.2) is 0 Å². The third-order valence-corrected chi connectivity index (χ3v) is 7.08. The Morgan fingerprint density at radius 3 is 2.54 bits per heavy atom. The van der Waals surface area contributed by atoms with Crippen LogP contribution in [-0.4, -0.2) is 69.6 Å². The number of fused-ring (bicyclic) bond motifs is 1. The molecule has 39 heavy (non-hydrogen) atoms. The van der Waals surface area contributed by atoms with Gasteiger partial charge in [-0.2, -0.15) is 0 Å². The Balaban J connectivity index is 1.16. The van der Waals surface area contributed by atoms with Gasteiger partial charge in [0.1, 0.15) is 12.3 Å². The first-order valence-electron chi connectivity index (χ1n) is 12.9. The maximum absolute atomic E-state index is 13.3. The average molecular weight is 547 g/mol. The Morgan fingerprint density at radius 1 is 1.03 bits per heavy atom. The lowest BCUT2D eigenvalue weighted by molar-refractivity contribution is -0.123. The molecule has 3 aromatic carbocycles. The number of amides is 2. The molecule has 0 unspecified atom stereocenters. The number of nitrogens with zero attached hydrogens (tertiary/aromatic N) is 3. The Labute approximate surface area is 233 Å². The number of para-hydroxylation sites is 2. The molecule has 1 N–H and O–H groups in total. The number of rotatable bonds is 8. The minimum Gasteiger partial charge on any atom is -0.497 e. The summed E-state index contributed by atoms with van der Waals surface area (Å²) in [5.41, 5.74) is 2.49. The summed E-state index contributed by atoms with van der Waals surface area (Å²) in [5.74, 6) is 0.823. The molecule has 9 heteroatoms. The van der Waals surface area contributed by atoms with Crippen LogP contribution < -0.4 is 24.6 Å². The van der Waals surface area contributed by atoms with E-state index in [2.05, 4.69) is 21.2 Å². The van der Waals surface area contributed by atoms with Crippen LogP contribution in [0.1, 0.15) is 5.56 Å². The van der Waals surface area contributed by atoms with E-state index in [4.69, 9.17) is 21.1 Å². The second-order valence-corrected chi connectivity index (χ2v) is 9.84. The number of piperazine rings is 1. The molecule has 0 radical (unpaired) electrons. The van der Waals surface area contributed by atoms with Gasteiger partial charge in [-0.05, 0) is 54.1 Å². The standard InChI is InChI=1S/C30H31ClN4O4/c1-38-25-11-9-22(10-12-25)19-28-30(37)35(26-7-2-3-8-27(26)39-28)21-29(36)32-13-14-33-15-17-34(18-16-33)24-6-4-5-23(31)20-24/h2-12,19-20H,13-18,21H2,1H3,(H,32,36). The van der Waals surface area contributed by atoms with Gasteiger partial charge in [0, 0.05) is 50.0 Å². The van der Waals surface area contributed by atoms with Crippen molar-refractivity contribution in [3.8, 4) is 11.5 Å². The minimum atomic E-state index is -0.364. The average Bonchev–Trinajstić information content (AvgIpc) is 2.96. The number of carbonyl (C=O) groups excluding carboxylic acids is 2. The molecule has 1 fully saturated rings. The van der Waals surface area contributed by atoms with Gasteiger partial charge in [-0.15, -0.1) is 0 Å². The zero-order valence-corrected chi connectivity index (χ0v) is 22.6.